The highest BCUT2D eigenvalue weighted by molar-refractivity contribution is 7.15. The SMILES string of the molecule is Cc1ccc(-c2cccc(CNC(=O)[C@@H]3C[C@H](N)CN3C(=O)Nc3cn(C(N)=O)c4ccccc34)c2)s1. The number of para-hydroxylation sites is 1. The molecular weight excluding hydrogens is 488 g/mol. The number of likely N-dealkylation sites (tertiary alicyclic amines) is 1. The Balaban J connectivity index is 1.28. The Morgan fingerprint density at radius 2 is 1.89 bits per heavy atom. The summed E-state index contributed by atoms with van der Waals surface area (Å²) in [5, 5.41) is 6.46. The predicted molar refractivity (Wildman–Crippen MR) is 145 cm³/mol. The number of urea groups is 1. The van der Waals surface area contributed by atoms with Crippen LogP contribution in [-0.2, 0) is 11.3 Å². The van der Waals surface area contributed by atoms with Crippen LogP contribution in [0.1, 0.15) is 16.9 Å². The monoisotopic (exact) mass is 516 g/mol. The molecule has 0 spiro atoms. The molecule has 4 amide bonds. The predicted octanol–water partition coefficient (Wildman–Crippen LogP) is 3.85. The number of nitrogens with zero attached hydrogens (tertiary/aromatic N) is 2. The van der Waals surface area contributed by atoms with E-state index in [-0.39, 0.29) is 18.5 Å². The smallest absolute Gasteiger partial charge is 0.323 e. The Labute approximate surface area is 218 Å². The summed E-state index contributed by atoms with van der Waals surface area (Å²) >= 11 is 1.72. The van der Waals surface area contributed by atoms with E-state index in [1.54, 1.807) is 35.6 Å². The molecule has 9 nitrogen and oxygen atoms in total. The van der Waals surface area contributed by atoms with E-state index in [2.05, 4.69) is 35.8 Å². The molecule has 10 heteroatoms. The number of thiophene rings is 1. The minimum Gasteiger partial charge on any atom is -0.351 e. The zero-order chi connectivity index (χ0) is 26.1. The van der Waals surface area contributed by atoms with Crippen molar-refractivity contribution in [3.05, 3.63) is 77.3 Å². The summed E-state index contributed by atoms with van der Waals surface area (Å²) in [7, 11) is 0. The summed E-state index contributed by atoms with van der Waals surface area (Å²) < 4.78 is 1.27. The number of anilines is 1. The van der Waals surface area contributed by atoms with Crippen molar-refractivity contribution in [3.63, 3.8) is 0 Å². The third-order valence-corrected chi connectivity index (χ3v) is 7.56. The fraction of sp³-hybridized carbons (Fsp3) is 0.222. The number of benzene rings is 2. The third kappa shape index (κ3) is 5.07. The Bertz CT molecular complexity index is 1490. The van der Waals surface area contributed by atoms with E-state index in [0.717, 1.165) is 11.1 Å². The van der Waals surface area contributed by atoms with Crippen molar-refractivity contribution in [1.82, 2.24) is 14.8 Å². The standard InChI is InChI=1S/C27H28N6O3S/c1-16-9-10-24(37-16)18-6-4-5-17(11-18)13-30-25(34)23-12-19(28)14-33(23)27(36)31-21-15-32(26(29)35)22-8-3-2-7-20(21)22/h2-11,15,19,23H,12-14,28H2,1H3,(H2,29,35)(H,30,34)(H,31,36)/t19-,23-/m0/s1. The molecule has 3 heterocycles. The lowest BCUT2D eigenvalue weighted by Crippen LogP contribution is -2.47. The van der Waals surface area contributed by atoms with Crippen LogP contribution in [0.25, 0.3) is 21.3 Å². The number of rotatable bonds is 5. The van der Waals surface area contributed by atoms with Gasteiger partial charge < -0.3 is 27.0 Å². The van der Waals surface area contributed by atoms with Crippen LogP contribution in [0.2, 0.25) is 0 Å². The van der Waals surface area contributed by atoms with Crippen molar-refractivity contribution in [2.75, 3.05) is 11.9 Å². The topological polar surface area (TPSA) is 135 Å². The molecule has 2 atom stereocenters. The van der Waals surface area contributed by atoms with Gasteiger partial charge in [0.05, 0.1) is 11.2 Å². The fourth-order valence-corrected chi connectivity index (χ4v) is 5.59. The number of nitrogens with one attached hydrogen (secondary N) is 2. The molecule has 5 rings (SSSR count). The maximum absolute atomic E-state index is 13.2. The van der Waals surface area contributed by atoms with Crippen LogP contribution in [0.3, 0.4) is 0 Å². The van der Waals surface area contributed by atoms with E-state index in [1.807, 2.05) is 18.2 Å². The maximum atomic E-state index is 13.2. The molecule has 6 N–H and O–H groups in total. The first-order valence-electron chi connectivity index (χ1n) is 12.0. The second kappa shape index (κ2) is 10.1. The van der Waals surface area contributed by atoms with Crippen LogP contribution in [0, 0.1) is 6.92 Å². The average molecular weight is 517 g/mol. The number of hydrogen-bond donors (Lipinski definition) is 4. The Kier molecular flexibility index (Phi) is 6.68. The Morgan fingerprint density at radius 3 is 2.65 bits per heavy atom. The number of nitrogens with two attached hydrogens (primary N) is 2. The van der Waals surface area contributed by atoms with Crippen molar-refractivity contribution in [2.45, 2.75) is 32.0 Å². The quantitative estimate of drug-likeness (QED) is 0.320. The van der Waals surface area contributed by atoms with Gasteiger partial charge in [0, 0.05) is 40.5 Å². The zero-order valence-corrected chi connectivity index (χ0v) is 21.1. The summed E-state index contributed by atoms with van der Waals surface area (Å²) in [6.45, 7) is 2.65. The van der Waals surface area contributed by atoms with Crippen molar-refractivity contribution >= 4 is 45.9 Å². The summed E-state index contributed by atoms with van der Waals surface area (Å²) in [5.74, 6) is -0.264. The van der Waals surface area contributed by atoms with Gasteiger partial charge in [-0.25, -0.2) is 9.59 Å². The molecule has 190 valence electrons. The molecule has 0 bridgehead atoms. The maximum Gasteiger partial charge on any atom is 0.323 e. The first kappa shape index (κ1) is 24.5. The van der Waals surface area contributed by atoms with Crippen molar-refractivity contribution in [2.24, 2.45) is 11.5 Å². The van der Waals surface area contributed by atoms with Crippen molar-refractivity contribution < 1.29 is 14.4 Å². The van der Waals surface area contributed by atoms with Gasteiger partial charge in [-0.3, -0.25) is 9.36 Å². The molecule has 0 radical (unpaired) electrons. The molecule has 4 aromatic rings. The number of carbonyl (C=O) groups excluding carboxylic acids is 3. The van der Waals surface area contributed by atoms with Crippen LogP contribution < -0.4 is 22.1 Å². The van der Waals surface area contributed by atoms with Crippen LogP contribution in [0.5, 0.6) is 0 Å². The number of aryl methyl sites for hydroxylation is 1. The van der Waals surface area contributed by atoms with Gasteiger partial charge in [0.15, 0.2) is 0 Å². The molecule has 1 fully saturated rings. The number of fused-ring (bicyclic) bond motifs is 1. The molecule has 1 aliphatic rings. The van der Waals surface area contributed by atoms with E-state index in [0.29, 0.717) is 29.6 Å². The van der Waals surface area contributed by atoms with Crippen LogP contribution in [0.4, 0.5) is 15.3 Å². The number of primary amides is 1. The minimum absolute atomic E-state index is 0.242. The molecule has 2 aromatic carbocycles. The van der Waals surface area contributed by atoms with E-state index >= 15 is 0 Å². The lowest BCUT2D eigenvalue weighted by Gasteiger charge is -2.24. The lowest BCUT2D eigenvalue weighted by atomic mass is 10.1. The second-order valence-corrected chi connectivity index (χ2v) is 10.5. The molecule has 0 saturated carbocycles. The van der Waals surface area contributed by atoms with Gasteiger partial charge >= 0.3 is 12.1 Å². The number of aromatic nitrogens is 1. The van der Waals surface area contributed by atoms with Gasteiger partial charge in [-0.05, 0) is 48.7 Å². The van der Waals surface area contributed by atoms with Gasteiger partial charge in [0.2, 0.25) is 5.91 Å². The number of amides is 4. The van der Waals surface area contributed by atoms with Gasteiger partial charge in [-0.15, -0.1) is 11.3 Å². The fourth-order valence-electron chi connectivity index (χ4n) is 4.72. The van der Waals surface area contributed by atoms with Crippen LogP contribution in [-0.4, -0.2) is 46.1 Å². The first-order chi connectivity index (χ1) is 17.8. The highest BCUT2D eigenvalue weighted by Crippen LogP contribution is 2.29. The van der Waals surface area contributed by atoms with E-state index in [9.17, 15) is 14.4 Å². The Morgan fingerprint density at radius 1 is 1.08 bits per heavy atom. The summed E-state index contributed by atoms with van der Waals surface area (Å²) in [6.07, 6.45) is 1.84. The molecule has 2 aromatic heterocycles. The molecule has 37 heavy (non-hydrogen) atoms. The normalized spacial score (nSPS) is 17.2. The highest BCUT2D eigenvalue weighted by Gasteiger charge is 2.38. The van der Waals surface area contributed by atoms with Crippen LogP contribution >= 0.6 is 11.3 Å². The average Bonchev–Trinajstić information content (AvgIpc) is 3.60. The highest BCUT2D eigenvalue weighted by atomic mass is 32.1. The van der Waals surface area contributed by atoms with Crippen molar-refractivity contribution in [1.29, 1.82) is 0 Å². The minimum atomic E-state index is -0.706. The summed E-state index contributed by atoms with van der Waals surface area (Å²) in [4.78, 5) is 42.1. The third-order valence-electron chi connectivity index (χ3n) is 6.51. The summed E-state index contributed by atoms with van der Waals surface area (Å²) in [6, 6.07) is 17.2. The van der Waals surface area contributed by atoms with E-state index in [1.165, 1.54) is 25.4 Å². The first-order valence-corrected chi connectivity index (χ1v) is 12.8. The largest absolute Gasteiger partial charge is 0.351 e. The lowest BCUT2D eigenvalue weighted by molar-refractivity contribution is -0.124. The molecule has 1 aliphatic heterocycles. The van der Waals surface area contributed by atoms with E-state index < -0.39 is 18.1 Å². The van der Waals surface area contributed by atoms with Crippen molar-refractivity contribution in [3.8, 4) is 10.4 Å². The molecule has 0 unspecified atom stereocenters. The van der Waals surface area contributed by atoms with Gasteiger partial charge in [0.1, 0.15) is 6.04 Å². The van der Waals surface area contributed by atoms with Gasteiger partial charge in [-0.2, -0.15) is 0 Å². The van der Waals surface area contributed by atoms with Crippen LogP contribution in [0.15, 0.2) is 66.9 Å². The number of carbonyl (C=O) groups is 3. The summed E-state index contributed by atoms with van der Waals surface area (Å²) in [5.41, 5.74) is 14.7. The van der Waals surface area contributed by atoms with E-state index in [4.69, 9.17) is 11.5 Å². The van der Waals surface area contributed by atoms with Gasteiger partial charge in [0.25, 0.3) is 0 Å². The zero-order valence-electron chi connectivity index (χ0n) is 20.3. The molecular formula is C27H28N6O3S. The second-order valence-electron chi connectivity index (χ2n) is 9.19. The number of hydrogen-bond acceptors (Lipinski definition) is 5. The van der Waals surface area contributed by atoms with Gasteiger partial charge in [-0.1, -0.05) is 36.4 Å². The molecule has 1 saturated heterocycles. The Hall–Kier alpha value is -4.15. The molecule has 0 aliphatic carbocycles.